The van der Waals surface area contributed by atoms with Gasteiger partial charge in [0.15, 0.2) is 9.84 Å². The Labute approximate surface area is 149 Å². The number of carbonyl (C=O) groups excluding carboxylic acids is 1. The van der Waals surface area contributed by atoms with Gasteiger partial charge in [-0.25, -0.2) is 8.42 Å². The second kappa shape index (κ2) is 7.74. The first kappa shape index (κ1) is 18.2. The Hall–Kier alpha value is -1.60. The van der Waals surface area contributed by atoms with Crippen molar-refractivity contribution in [2.24, 2.45) is 5.92 Å². The van der Waals surface area contributed by atoms with Crippen molar-refractivity contribution >= 4 is 15.7 Å². The number of hydrogen-bond acceptors (Lipinski definition) is 5. The normalized spacial score (nSPS) is 25.6. The summed E-state index contributed by atoms with van der Waals surface area (Å²) in [6.45, 7) is 0.811. The van der Waals surface area contributed by atoms with E-state index in [9.17, 15) is 13.2 Å². The lowest BCUT2D eigenvalue weighted by Gasteiger charge is -2.28. The SMILES string of the molecule is CS(=O)(=O)c1ccc(OCCNC(=O)CC2CC3CCC(C2)N3)cc1. The molecule has 2 heterocycles. The number of fused-ring (bicyclic) bond motifs is 2. The lowest BCUT2D eigenvalue weighted by molar-refractivity contribution is -0.122. The largest absolute Gasteiger partial charge is 0.492 e. The van der Waals surface area contributed by atoms with Gasteiger partial charge in [-0.1, -0.05) is 0 Å². The Morgan fingerprint density at radius 1 is 1.20 bits per heavy atom. The first-order valence-electron chi connectivity index (χ1n) is 8.86. The molecular formula is C18H26N2O4S. The Morgan fingerprint density at radius 3 is 2.44 bits per heavy atom. The van der Waals surface area contributed by atoms with Crippen molar-refractivity contribution < 1.29 is 17.9 Å². The van der Waals surface area contributed by atoms with Crippen molar-refractivity contribution in [2.45, 2.75) is 49.1 Å². The van der Waals surface area contributed by atoms with Crippen LogP contribution < -0.4 is 15.4 Å². The number of piperidine rings is 1. The summed E-state index contributed by atoms with van der Waals surface area (Å²) in [6.07, 6.45) is 6.47. The molecule has 0 aromatic heterocycles. The number of sulfone groups is 1. The Balaban J connectivity index is 1.35. The number of ether oxygens (including phenoxy) is 1. The summed E-state index contributed by atoms with van der Waals surface area (Å²) in [6, 6.07) is 7.51. The molecule has 2 aliphatic heterocycles. The van der Waals surface area contributed by atoms with Gasteiger partial charge < -0.3 is 15.4 Å². The molecule has 2 unspecified atom stereocenters. The second-order valence-corrected chi connectivity index (χ2v) is 9.14. The fraction of sp³-hybridized carbons (Fsp3) is 0.611. The molecule has 25 heavy (non-hydrogen) atoms. The topological polar surface area (TPSA) is 84.5 Å². The van der Waals surface area contributed by atoms with Crippen molar-refractivity contribution in [3.63, 3.8) is 0 Å². The molecule has 1 amide bonds. The highest BCUT2D eigenvalue weighted by Crippen LogP contribution is 2.32. The summed E-state index contributed by atoms with van der Waals surface area (Å²) in [5, 5.41) is 6.49. The summed E-state index contributed by atoms with van der Waals surface area (Å²) in [4.78, 5) is 12.3. The van der Waals surface area contributed by atoms with Crippen LogP contribution in [0.1, 0.15) is 32.1 Å². The molecule has 1 aromatic rings. The summed E-state index contributed by atoms with van der Waals surface area (Å²) in [5.74, 6) is 1.17. The molecule has 0 spiro atoms. The molecule has 1 aromatic carbocycles. The third-order valence-corrected chi connectivity index (χ3v) is 6.12. The zero-order valence-electron chi connectivity index (χ0n) is 14.5. The molecule has 0 radical (unpaired) electrons. The summed E-state index contributed by atoms with van der Waals surface area (Å²) < 4.78 is 28.3. The minimum absolute atomic E-state index is 0.0855. The minimum atomic E-state index is -3.19. The molecule has 3 rings (SSSR count). The van der Waals surface area contributed by atoms with Crippen LogP contribution in [-0.2, 0) is 14.6 Å². The maximum Gasteiger partial charge on any atom is 0.220 e. The van der Waals surface area contributed by atoms with Gasteiger partial charge in [-0.2, -0.15) is 0 Å². The van der Waals surface area contributed by atoms with Crippen molar-refractivity contribution in [1.29, 1.82) is 0 Å². The van der Waals surface area contributed by atoms with Crippen LogP contribution >= 0.6 is 0 Å². The number of nitrogens with one attached hydrogen (secondary N) is 2. The monoisotopic (exact) mass is 366 g/mol. The van der Waals surface area contributed by atoms with Gasteiger partial charge in [-0.3, -0.25) is 4.79 Å². The van der Waals surface area contributed by atoms with E-state index in [0.717, 1.165) is 12.8 Å². The highest BCUT2D eigenvalue weighted by Gasteiger charge is 2.34. The smallest absolute Gasteiger partial charge is 0.220 e. The van der Waals surface area contributed by atoms with Gasteiger partial charge in [-0.05, 0) is 55.9 Å². The zero-order valence-corrected chi connectivity index (χ0v) is 15.3. The van der Waals surface area contributed by atoms with E-state index < -0.39 is 9.84 Å². The molecule has 2 aliphatic rings. The van der Waals surface area contributed by atoms with Crippen LogP contribution in [0.5, 0.6) is 5.75 Å². The fourth-order valence-corrected chi connectivity index (χ4v) is 4.45. The maximum atomic E-state index is 12.1. The number of amides is 1. The minimum Gasteiger partial charge on any atom is -0.492 e. The van der Waals surface area contributed by atoms with Gasteiger partial charge in [0.05, 0.1) is 11.4 Å². The highest BCUT2D eigenvalue weighted by atomic mass is 32.2. The maximum absolute atomic E-state index is 12.1. The van der Waals surface area contributed by atoms with Crippen LogP contribution in [0.3, 0.4) is 0 Å². The predicted octanol–water partition coefficient (Wildman–Crippen LogP) is 1.51. The molecule has 2 bridgehead atoms. The predicted molar refractivity (Wildman–Crippen MR) is 95.3 cm³/mol. The first-order chi connectivity index (χ1) is 11.9. The number of carbonyl (C=O) groups is 1. The molecular weight excluding hydrogens is 340 g/mol. The first-order valence-corrected chi connectivity index (χ1v) is 10.7. The van der Waals surface area contributed by atoms with E-state index in [1.165, 1.54) is 31.2 Å². The van der Waals surface area contributed by atoms with Gasteiger partial charge in [0.25, 0.3) is 0 Å². The van der Waals surface area contributed by atoms with E-state index in [2.05, 4.69) is 10.6 Å². The van der Waals surface area contributed by atoms with E-state index in [1.807, 2.05) is 0 Å². The van der Waals surface area contributed by atoms with Crippen molar-refractivity contribution in [3.05, 3.63) is 24.3 Å². The van der Waals surface area contributed by atoms with Crippen LogP contribution in [-0.4, -0.2) is 45.8 Å². The molecule has 2 saturated heterocycles. The molecule has 138 valence electrons. The Morgan fingerprint density at radius 2 is 1.84 bits per heavy atom. The molecule has 7 heteroatoms. The van der Waals surface area contributed by atoms with Crippen molar-refractivity contribution in [1.82, 2.24) is 10.6 Å². The Bertz CT molecular complexity index is 690. The average Bonchev–Trinajstić information content (AvgIpc) is 2.90. The molecule has 2 atom stereocenters. The average molecular weight is 366 g/mol. The van der Waals surface area contributed by atoms with Crippen molar-refractivity contribution in [3.8, 4) is 5.75 Å². The summed E-state index contributed by atoms with van der Waals surface area (Å²) in [5.41, 5.74) is 0. The molecule has 2 N–H and O–H groups in total. The molecule has 0 aliphatic carbocycles. The third-order valence-electron chi connectivity index (χ3n) is 4.99. The van der Waals surface area contributed by atoms with Gasteiger partial charge in [0.2, 0.25) is 5.91 Å². The van der Waals surface area contributed by atoms with Gasteiger partial charge in [0.1, 0.15) is 12.4 Å². The number of rotatable bonds is 7. The molecule has 2 fully saturated rings. The summed E-state index contributed by atoms with van der Waals surface area (Å²) >= 11 is 0. The van der Waals surface area contributed by atoms with E-state index in [4.69, 9.17) is 4.74 Å². The zero-order chi connectivity index (χ0) is 17.9. The quantitative estimate of drug-likeness (QED) is 0.715. The number of benzene rings is 1. The van der Waals surface area contributed by atoms with E-state index in [1.54, 1.807) is 12.1 Å². The van der Waals surface area contributed by atoms with Crippen molar-refractivity contribution in [2.75, 3.05) is 19.4 Å². The van der Waals surface area contributed by atoms with Crippen LogP contribution in [0.15, 0.2) is 29.2 Å². The second-order valence-electron chi connectivity index (χ2n) is 7.12. The highest BCUT2D eigenvalue weighted by molar-refractivity contribution is 7.90. The van der Waals surface area contributed by atoms with Gasteiger partial charge >= 0.3 is 0 Å². The van der Waals surface area contributed by atoms with E-state index >= 15 is 0 Å². The van der Waals surface area contributed by atoms with Crippen LogP contribution in [0.4, 0.5) is 0 Å². The fourth-order valence-electron chi connectivity index (χ4n) is 3.82. The van der Waals surface area contributed by atoms with Crippen LogP contribution in [0, 0.1) is 5.92 Å². The van der Waals surface area contributed by atoms with E-state index in [0.29, 0.717) is 43.3 Å². The van der Waals surface area contributed by atoms with Crippen LogP contribution in [0.25, 0.3) is 0 Å². The molecule has 0 saturated carbocycles. The van der Waals surface area contributed by atoms with Gasteiger partial charge in [0, 0.05) is 24.8 Å². The lowest BCUT2D eigenvalue weighted by Crippen LogP contribution is -2.40. The third kappa shape index (κ3) is 5.19. The summed E-state index contributed by atoms with van der Waals surface area (Å²) in [7, 11) is -3.19. The standard InChI is InChI=1S/C18H26N2O4S/c1-25(22,23)17-6-4-16(5-7-17)24-9-8-19-18(21)12-13-10-14-2-3-15(11-13)20-14/h4-7,13-15,20H,2-3,8-12H2,1H3,(H,19,21). The molecule has 6 nitrogen and oxygen atoms in total. The number of hydrogen-bond donors (Lipinski definition) is 2. The Kier molecular flexibility index (Phi) is 5.64. The van der Waals surface area contributed by atoms with E-state index in [-0.39, 0.29) is 10.8 Å². The lowest BCUT2D eigenvalue weighted by atomic mass is 9.89. The van der Waals surface area contributed by atoms with Gasteiger partial charge in [-0.15, -0.1) is 0 Å². The van der Waals surface area contributed by atoms with Crippen LogP contribution in [0.2, 0.25) is 0 Å².